The van der Waals surface area contributed by atoms with Gasteiger partial charge in [0.1, 0.15) is 0 Å². The van der Waals surface area contributed by atoms with E-state index in [-0.39, 0.29) is 24.3 Å². The zero-order valence-corrected chi connectivity index (χ0v) is 14.5. The number of benzene rings is 2. The van der Waals surface area contributed by atoms with Gasteiger partial charge in [0.15, 0.2) is 0 Å². The first-order valence-corrected chi connectivity index (χ1v) is 8.53. The summed E-state index contributed by atoms with van der Waals surface area (Å²) in [5.41, 5.74) is 4.01. The number of anilines is 1. The maximum atomic E-state index is 12.6. The highest BCUT2D eigenvalue weighted by atomic mass is 16.2. The number of hydrogen-bond acceptors (Lipinski definition) is 2. The number of aryl methyl sites for hydroxylation is 1. The van der Waals surface area contributed by atoms with Crippen LogP contribution in [0, 0.1) is 0 Å². The molecule has 0 saturated heterocycles. The van der Waals surface area contributed by atoms with Crippen LogP contribution in [0.25, 0.3) is 6.08 Å². The fraction of sp³-hybridized carbons (Fsp3) is 0.238. The van der Waals surface area contributed by atoms with Crippen molar-refractivity contribution in [1.82, 2.24) is 4.90 Å². The van der Waals surface area contributed by atoms with Gasteiger partial charge >= 0.3 is 0 Å². The normalized spacial score (nSPS) is 15.6. The van der Waals surface area contributed by atoms with Gasteiger partial charge in [0.25, 0.3) is 0 Å². The second-order valence-electron chi connectivity index (χ2n) is 6.19. The Balaban J connectivity index is 1.80. The van der Waals surface area contributed by atoms with Gasteiger partial charge in [0.05, 0.1) is 12.5 Å². The molecule has 0 spiro atoms. The van der Waals surface area contributed by atoms with Crippen LogP contribution in [0.4, 0.5) is 5.69 Å². The highest BCUT2D eigenvalue weighted by Gasteiger charge is 2.28. The number of amides is 2. The summed E-state index contributed by atoms with van der Waals surface area (Å²) in [7, 11) is 0. The minimum atomic E-state index is -0.284. The van der Waals surface area contributed by atoms with Gasteiger partial charge < -0.3 is 10.2 Å². The third-order valence-corrected chi connectivity index (χ3v) is 4.47. The predicted molar refractivity (Wildman–Crippen MR) is 99.8 cm³/mol. The van der Waals surface area contributed by atoms with Crippen LogP contribution in [0.2, 0.25) is 0 Å². The highest BCUT2D eigenvalue weighted by Crippen LogP contribution is 2.33. The van der Waals surface area contributed by atoms with E-state index in [0.717, 1.165) is 23.2 Å². The molecule has 0 saturated carbocycles. The van der Waals surface area contributed by atoms with Gasteiger partial charge in [-0.15, -0.1) is 0 Å². The van der Waals surface area contributed by atoms with Crippen molar-refractivity contribution in [2.75, 3.05) is 5.32 Å². The Kier molecular flexibility index (Phi) is 4.98. The first-order chi connectivity index (χ1) is 12.1. The van der Waals surface area contributed by atoms with E-state index in [9.17, 15) is 9.59 Å². The Morgan fingerprint density at radius 3 is 2.68 bits per heavy atom. The zero-order valence-electron chi connectivity index (χ0n) is 14.5. The summed E-state index contributed by atoms with van der Waals surface area (Å²) in [4.78, 5) is 26.2. The smallest absolute Gasteiger partial charge is 0.226 e. The molecule has 0 aliphatic carbocycles. The molecule has 1 aliphatic rings. The van der Waals surface area contributed by atoms with Crippen molar-refractivity contribution in [2.24, 2.45) is 0 Å². The number of fused-ring (bicyclic) bond motifs is 1. The summed E-state index contributed by atoms with van der Waals surface area (Å²) in [6, 6.07) is 15.4. The van der Waals surface area contributed by atoms with Crippen molar-refractivity contribution in [2.45, 2.75) is 32.7 Å². The van der Waals surface area contributed by atoms with E-state index in [1.807, 2.05) is 54.6 Å². The van der Waals surface area contributed by atoms with Crippen LogP contribution in [-0.2, 0) is 16.0 Å². The summed E-state index contributed by atoms with van der Waals surface area (Å²) in [6.45, 7) is 3.60. The van der Waals surface area contributed by atoms with Crippen molar-refractivity contribution >= 4 is 23.6 Å². The van der Waals surface area contributed by atoms with Gasteiger partial charge in [-0.1, -0.05) is 43.3 Å². The van der Waals surface area contributed by atoms with E-state index in [0.29, 0.717) is 0 Å². The first-order valence-electron chi connectivity index (χ1n) is 8.53. The largest absolute Gasteiger partial charge is 0.326 e. The van der Waals surface area contributed by atoms with Gasteiger partial charge in [-0.25, -0.2) is 0 Å². The molecular formula is C21H22N2O2. The highest BCUT2D eigenvalue weighted by molar-refractivity contribution is 5.92. The molecule has 2 aromatic rings. The fourth-order valence-electron chi connectivity index (χ4n) is 3.17. The predicted octanol–water partition coefficient (Wildman–Crippen LogP) is 4.15. The molecule has 128 valence electrons. The number of nitrogens with one attached hydrogen (secondary N) is 1. The second-order valence-corrected chi connectivity index (χ2v) is 6.19. The minimum absolute atomic E-state index is 0.0727. The standard InChI is InChI=1S/C21H22N2O2/c1-3-16-7-6-9-18(13-16)22-21(25)14-20-19-10-5-4-8-17(19)11-12-23(20)15(2)24/h4-13,20H,3,14H2,1-2H3,(H,22,25). The Bertz CT molecular complexity index is 826. The number of carbonyl (C=O) groups excluding carboxylic acids is 2. The van der Waals surface area contributed by atoms with Crippen molar-refractivity contribution in [3.8, 4) is 0 Å². The summed E-state index contributed by atoms with van der Waals surface area (Å²) in [6.07, 6.45) is 4.82. The summed E-state index contributed by atoms with van der Waals surface area (Å²) in [5, 5.41) is 2.95. The Hall–Kier alpha value is -2.88. The van der Waals surface area contributed by atoms with E-state index in [4.69, 9.17) is 0 Å². The van der Waals surface area contributed by atoms with Crippen molar-refractivity contribution in [3.05, 3.63) is 71.4 Å². The molecule has 0 radical (unpaired) electrons. The summed E-state index contributed by atoms with van der Waals surface area (Å²) in [5.74, 6) is -0.175. The molecule has 2 amide bonds. The van der Waals surface area contributed by atoms with E-state index < -0.39 is 0 Å². The van der Waals surface area contributed by atoms with Crippen LogP contribution >= 0.6 is 0 Å². The van der Waals surface area contributed by atoms with E-state index in [2.05, 4.69) is 12.2 Å². The molecule has 3 rings (SSSR count). The van der Waals surface area contributed by atoms with Crippen LogP contribution in [-0.4, -0.2) is 16.7 Å². The first kappa shape index (κ1) is 17.0. The van der Waals surface area contributed by atoms with Gasteiger partial charge in [-0.05, 0) is 41.3 Å². The quantitative estimate of drug-likeness (QED) is 0.913. The molecule has 1 N–H and O–H groups in total. The third kappa shape index (κ3) is 3.79. The average molecular weight is 334 g/mol. The van der Waals surface area contributed by atoms with Crippen LogP contribution in [0.3, 0.4) is 0 Å². The minimum Gasteiger partial charge on any atom is -0.326 e. The molecule has 0 fully saturated rings. The van der Waals surface area contributed by atoms with E-state index in [1.54, 1.807) is 11.1 Å². The number of rotatable bonds is 4. The van der Waals surface area contributed by atoms with Crippen molar-refractivity contribution in [3.63, 3.8) is 0 Å². The Morgan fingerprint density at radius 1 is 1.12 bits per heavy atom. The second kappa shape index (κ2) is 7.34. The van der Waals surface area contributed by atoms with Crippen LogP contribution in [0.15, 0.2) is 54.7 Å². The van der Waals surface area contributed by atoms with Gasteiger partial charge in [-0.3, -0.25) is 9.59 Å². The van der Waals surface area contributed by atoms with Gasteiger partial charge in [0.2, 0.25) is 11.8 Å². The lowest BCUT2D eigenvalue weighted by Gasteiger charge is -2.32. The molecule has 1 unspecified atom stereocenters. The molecule has 0 aromatic heterocycles. The Labute approximate surface area is 148 Å². The van der Waals surface area contributed by atoms with Crippen LogP contribution in [0.1, 0.15) is 43.0 Å². The Morgan fingerprint density at radius 2 is 1.92 bits per heavy atom. The molecule has 1 atom stereocenters. The van der Waals surface area contributed by atoms with Gasteiger partial charge in [0, 0.05) is 18.8 Å². The maximum Gasteiger partial charge on any atom is 0.226 e. The zero-order chi connectivity index (χ0) is 17.8. The SMILES string of the molecule is CCc1cccc(NC(=O)CC2c3ccccc3C=CN2C(C)=O)c1. The van der Waals surface area contributed by atoms with E-state index >= 15 is 0 Å². The lowest BCUT2D eigenvalue weighted by Crippen LogP contribution is -2.33. The van der Waals surface area contributed by atoms with Crippen molar-refractivity contribution in [1.29, 1.82) is 0 Å². The lowest BCUT2D eigenvalue weighted by atomic mass is 9.93. The third-order valence-electron chi connectivity index (χ3n) is 4.47. The average Bonchev–Trinajstić information content (AvgIpc) is 2.61. The molecule has 25 heavy (non-hydrogen) atoms. The van der Waals surface area contributed by atoms with Gasteiger partial charge in [-0.2, -0.15) is 0 Å². The number of carbonyl (C=O) groups is 2. The summed E-state index contributed by atoms with van der Waals surface area (Å²) < 4.78 is 0. The molecule has 0 bridgehead atoms. The topological polar surface area (TPSA) is 49.4 Å². The molecule has 2 aromatic carbocycles. The maximum absolute atomic E-state index is 12.6. The number of nitrogens with zero attached hydrogens (tertiary/aromatic N) is 1. The monoisotopic (exact) mass is 334 g/mol. The molecule has 4 nitrogen and oxygen atoms in total. The molecule has 4 heteroatoms. The molecule has 1 aliphatic heterocycles. The van der Waals surface area contributed by atoms with Crippen LogP contribution < -0.4 is 5.32 Å². The van der Waals surface area contributed by atoms with Crippen molar-refractivity contribution < 1.29 is 9.59 Å². The lowest BCUT2D eigenvalue weighted by molar-refractivity contribution is -0.129. The molecular weight excluding hydrogens is 312 g/mol. The van der Waals surface area contributed by atoms with E-state index in [1.165, 1.54) is 12.5 Å². The number of hydrogen-bond donors (Lipinski definition) is 1. The fourth-order valence-corrected chi connectivity index (χ4v) is 3.17. The van der Waals surface area contributed by atoms with Crippen LogP contribution in [0.5, 0.6) is 0 Å². The summed E-state index contributed by atoms with van der Waals surface area (Å²) >= 11 is 0. The molecule has 1 heterocycles.